The van der Waals surface area contributed by atoms with E-state index in [-0.39, 0.29) is 5.57 Å². The topological polar surface area (TPSA) is 57.8 Å². The second-order valence-electron chi connectivity index (χ2n) is 7.57. The molecule has 1 amide bonds. The van der Waals surface area contributed by atoms with Gasteiger partial charge in [0, 0.05) is 22.8 Å². The average molecular weight is 398 g/mol. The summed E-state index contributed by atoms with van der Waals surface area (Å²) < 4.78 is 2.18. The van der Waals surface area contributed by atoms with Crippen LogP contribution in [0.3, 0.4) is 0 Å². The number of amides is 1. The van der Waals surface area contributed by atoms with E-state index in [1.807, 2.05) is 64.1 Å². The molecule has 1 aromatic heterocycles. The second kappa shape index (κ2) is 8.84. The maximum absolute atomic E-state index is 12.7. The van der Waals surface area contributed by atoms with Crippen LogP contribution in [0.2, 0.25) is 0 Å². The van der Waals surface area contributed by atoms with Crippen LogP contribution in [0.5, 0.6) is 0 Å². The molecule has 1 heterocycles. The lowest BCUT2D eigenvalue weighted by Gasteiger charge is -2.14. The van der Waals surface area contributed by atoms with Crippen molar-refractivity contribution in [3.05, 3.63) is 87.7 Å². The van der Waals surface area contributed by atoms with E-state index in [2.05, 4.69) is 35.0 Å². The van der Waals surface area contributed by atoms with Crippen LogP contribution in [0.1, 0.15) is 40.6 Å². The van der Waals surface area contributed by atoms with E-state index < -0.39 is 5.91 Å². The molecular weight excluding hydrogens is 370 g/mol. The fourth-order valence-corrected chi connectivity index (χ4v) is 3.65. The molecule has 30 heavy (non-hydrogen) atoms. The lowest BCUT2D eigenvalue weighted by atomic mass is 10.1. The van der Waals surface area contributed by atoms with Gasteiger partial charge in [0.1, 0.15) is 11.6 Å². The summed E-state index contributed by atoms with van der Waals surface area (Å²) in [5.74, 6) is -0.403. The number of hydrogen-bond acceptors (Lipinski definition) is 2. The standard InChI is InChI=1S/C26H27N3O/c1-6-21-9-7-8-10-25(21)29-19(4)14-22(20(29)5)15-23(16-27)26(30)28-24-12-11-17(2)18(3)13-24/h7-15H,6H2,1-5H3,(H,28,30)/b23-15-. The quantitative estimate of drug-likeness (QED) is 0.436. The van der Waals surface area contributed by atoms with Crippen LogP contribution >= 0.6 is 0 Å². The third-order valence-corrected chi connectivity index (χ3v) is 5.51. The smallest absolute Gasteiger partial charge is 0.266 e. The van der Waals surface area contributed by atoms with Crippen LogP contribution in [0.25, 0.3) is 11.8 Å². The second-order valence-corrected chi connectivity index (χ2v) is 7.57. The summed E-state index contributed by atoms with van der Waals surface area (Å²) in [6.45, 7) is 10.2. The van der Waals surface area contributed by atoms with E-state index in [1.54, 1.807) is 6.08 Å². The number of rotatable bonds is 5. The first kappa shape index (κ1) is 21.1. The predicted octanol–water partition coefficient (Wildman–Crippen LogP) is 5.82. The summed E-state index contributed by atoms with van der Waals surface area (Å²) in [5, 5.41) is 12.5. The normalized spacial score (nSPS) is 11.3. The fraction of sp³-hybridized carbons (Fsp3) is 0.231. The van der Waals surface area contributed by atoms with Crippen molar-refractivity contribution in [1.29, 1.82) is 5.26 Å². The van der Waals surface area contributed by atoms with Crippen LogP contribution in [0.4, 0.5) is 5.69 Å². The first-order valence-electron chi connectivity index (χ1n) is 10.1. The van der Waals surface area contributed by atoms with Gasteiger partial charge in [0.2, 0.25) is 0 Å². The zero-order chi connectivity index (χ0) is 21.8. The highest BCUT2D eigenvalue weighted by atomic mass is 16.1. The van der Waals surface area contributed by atoms with Gasteiger partial charge >= 0.3 is 0 Å². The van der Waals surface area contributed by atoms with Crippen LogP contribution in [0.15, 0.2) is 54.1 Å². The highest BCUT2D eigenvalue weighted by Gasteiger charge is 2.15. The highest BCUT2D eigenvalue weighted by molar-refractivity contribution is 6.09. The minimum Gasteiger partial charge on any atom is -0.321 e. The van der Waals surface area contributed by atoms with Crippen molar-refractivity contribution < 1.29 is 4.79 Å². The molecule has 0 radical (unpaired) electrons. The van der Waals surface area contributed by atoms with Crippen molar-refractivity contribution in [3.8, 4) is 11.8 Å². The molecule has 3 rings (SSSR count). The van der Waals surface area contributed by atoms with Crippen molar-refractivity contribution in [2.24, 2.45) is 0 Å². The van der Waals surface area contributed by atoms with Crippen molar-refractivity contribution >= 4 is 17.7 Å². The molecule has 0 bridgehead atoms. The minimum atomic E-state index is -0.403. The minimum absolute atomic E-state index is 0.0808. The van der Waals surface area contributed by atoms with Gasteiger partial charge < -0.3 is 9.88 Å². The van der Waals surface area contributed by atoms with Crippen LogP contribution in [-0.2, 0) is 11.2 Å². The molecule has 0 unspecified atom stereocenters. The average Bonchev–Trinajstić information content (AvgIpc) is 3.01. The monoisotopic (exact) mass is 397 g/mol. The molecule has 4 nitrogen and oxygen atoms in total. The number of aryl methyl sites for hydroxylation is 4. The Morgan fingerprint density at radius 1 is 1.07 bits per heavy atom. The molecule has 152 valence electrons. The van der Waals surface area contributed by atoms with Gasteiger partial charge in [0.05, 0.1) is 0 Å². The number of carbonyl (C=O) groups excluding carboxylic acids is 1. The largest absolute Gasteiger partial charge is 0.321 e. The molecule has 1 N–H and O–H groups in total. The summed E-state index contributed by atoms with van der Waals surface area (Å²) in [6, 6.07) is 18.1. The van der Waals surface area contributed by atoms with Gasteiger partial charge in [-0.3, -0.25) is 4.79 Å². The molecule has 0 aliphatic carbocycles. The van der Waals surface area contributed by atoms with E-state index in [0.29, 0.717) is 5.69 Å². The zero-order valence-corrected chi connectivity index (χ0v) is 18.2. The third kappa shape index (κ3) is 4.21. The lowest BCUT2D eigenvalue weighted by Crippen LogP contribution is -2.13. The Balaban J connectivity index is 1.96. The molecule has 0 saturated heterocycles. The molecule has 0 atom stereocenters. The first-order chi connectivity index (χ1) is 14.3. The number of nitrogens with zero attached hydrogens (tertiary/aromatic N) is 2. The van der Waals surface area contributed by atoms with Crippen LogP contribution in [0, 0.1) is 39.0 Å². The number of carbonyl (C=O) groups is 1. The van der Waals surface area contributed by atoms with Gasteiger partial charge in [-0.15, -0.1) is 0 Å². The van der Waals surface area contributed by atoms with Crippen LogP contribution in [-0.4, -0.2) is 10.5 Å². The highest BCUT2D eigenvalue weighted by Crippen LogP contribution is 2.25. The molecule has 0 aliphatic rings. The molecule has 4 heteroatoms. The number of nitriles is 1. The Hall–Kier alpha value is -3.58. The van der Waals surface area contributed by atoms with Gasteiger partial charge in [-0.05, 0) is 86.7 Å². The number of nitrogens with one attached hydrogen (secondary N) is 1. The van der Waals surface area contributed by atoms with Crippen molar-refractivity contribution in [2.45, 2.75) is 41.0 Å². The van der Waals surface area contributed by atoms with Gasteiger partial charge in [-0.2, -0.15) is 5.26 Å². The summed E-state index contributed by atoms with van der Waals surface area (Å²) >= 11 is 0. The SMILES string of the molecule is CCc1ccccc1-n1c(C)cc(/C=C(/C#N)C(=O)Nc2ccc(C)c(C)c2)c1C. The fourth-order valence-electron chi connectivity index (χ4n) is 3.65. The number of aromatic nitrogens is 1. The van der Waals surface area contributed by atoms with E-state index in [4.69, 9.17) is 0 Å². The molecule has 0 spiro atoms. The van der Waals surface area contributed by atoms with E-state index in [9.17, 15) is 10.1 Å². The van der Waals surface area contributed by atoms with Gasteiger partial charge in [-0.1, -0.05) is 31.2 Å². The van der Waals surface area contributed by atoms with Crippen molar-refractivity contribution in [3.63, 3.8) is 0 Å². The summed E-state index contributed by atoms with van der Waals surface area (Å²) in [7, 11) is 0. The summed E-state index contributed by atoms with van der Waals surface area (Å²) in [6.07, 6.45) is 2.60. The van der Waals surface area contributed by atoms with E-state index in [1.165, 1.54) is 5.56 Å². The summed E-state index contributed by atoms with van der Waals surface area (Å²) in [4.78, 5) is 12.7. The van der Waals surface area contributed by atoms with Gasteiger partial charge in [0.15, 0.2) is 0 Å². The maximum atomic E-state index is 12.7. The third-order valence-electron chi connectivity index (χ3n) is 5.51. The summed E-state index contributed by atoms with van der Waals surface area (Å²) in [5.41, 5.74) is 8.33. The van der Waals surface area contributed by atoms with E-state index >= 15 is 0 Å². The Bertz CT molecular complexity index is 1180. The lowest BCUT2D eigenvalue weighted by molar-refractivity contribution is -0.112. The molecule has 3 aromatic rings. The Morgan fingerprint density at radius 3 is 2.47 bits per heavy atom. The van der Waals surface area contributed by atoms with Crippen molar-refractivity contribution in [2.75, 3.05) is 5.32 Å². The molecular formula is C26H27N3O. The molecule has 2 aromatic carbocycles. The zero-order valence-electron chi connectivity index (χ0n) is 18.2. The van der Waals surface area contributed by atoms with Gasteiger partial charge in [-0.25, -0.2) is 0 Å². The van der Waals surface area contributed by atoms with Crippen LogP contribution < -0.4 is 5.32 Å². The maximum Gasteiger partial charge on any atom is 0.266 e. The number of para-hydroxylation sites is 1. The Labute approximate surface area is 178 Å². The predicted molar refractivity (Wildman–Crippen MR) is 123 cm³/mol. The number of benzene rings is 2. The number of anilines is 1. The van der Waals surface area contributed by atoms with Crippen molar-refractivity contribution in [1.82, 2.24) is 4.57 Å². The Kier molecular flexibility index (Phi) is 6.23. The molecule has 0 fully saturated rings. The first-order valence-corrected chi connectivity index (χ1v) is 10.1. The molecule has 0 saturated carbocycles. The Morgan fingerprint density at radius 2 is 1.80 bits per heavy atom. The van der Waals surface area contributed by atoms with E-state index in [0.717, 1.165) is 40.2 Å². The number of hydrogen-bond donors (Lipinski definition) is 1. The molecule has 0 aliphatic heterocycles. The van der Waals surface area contributed by atoms with Gasteiger partial charge in [0.25, 0.3) is 5.91 Å².